The Labute approximate surface area is 93.1 Å². The van der Waals surface area contributed by atoms with Crippen molar-refractivity contribution < 1.29 is 9.90 Å². The van der Waals surface area contributed by atoms with Crippen molar-refractivity contribution in [2.75, 3.05) is 0 Å². The van der Waals surface area contributed by atoms with E-state index in [0.29, 0.717) is 23.4 Å². The van der Waals surface area contributed by atoms with Gasteiger partial charge in [-0.05, 0) is 31.0 Å². The summed E-state index contributed by atoms with van der Waals surface area (Å²) in [5, 5.41) is 12.5. The normalized spacial score (nSPS) is 24.4. The van der Waals surface area contributed by atoms with E-state index in [0.717, 1.165) is 0 Å². The zero-order valence-electron chi connectivity index (χ0n) is 8.11. The van der Waals surface area contributed by atoms with Gasteiger partial charge < -0.3 is 10.4 Å². The van der Waals surface area contributed by atoms with E-state index in [-0.39, 0.29) is 18.1 Å². The molecule has 1 amide bonds. The molecule has 0 bridgehead atoms. The number of hydrogen-bond donors (Lipinski definition) is 2. The van der Waals surface area contributed by atoms with Crippen molar-refractivity contribution in [2.24, 2.45) is 0 Å². The number of amides is 1. The maximum absolute atomic E-state index is 11.7. The van der Waals surface area contributed by atoms with Crippen LogP contribution in [0.4, 0.5) is 0 Å². The van der Waals surface area contributed by atoms with Gasteiger partial charge in [-0.15, -0.1) is 0 Å². The van der Waals surface area contributed by atoms with Gasteiger partial charge in [0.1, 0.15) is 0 Å². The first kappa shape index (κ1) is 10.5. The highest BCUT2D eigenvalue weighted by molar-refractivity contribution is 6.30. The smallest absolute Gasteiger partial charge is 0.251 e. The van der Waals surface area contributed by atoms with Gasteiger partial charge in [0.25, 0.3) is 5.91 Å². The second-order valence-electron chi connectivity index (χ2n) is 3.81. The highest BCUT2D eigenvalue weighted by Gasteiger charge is 2.28. The van der Waals surface area contributed by atoms with Crippen LogP contribution >= 0.6 is 11.6 Å². The summed E-state index contributed by atoms with van der Waals surface area (Å²) in [6.45, 7) is 0. The van der Waals surface area contributed by atoms with E-state index < -0.39 is 0 Å². The molecule has 4 heteroatoms. The Bertz CT molecular complexity index is 375. The van der Waals surface area contributed by atoms with E-state index >= 15 is 0 Å². The monoisotopic (exact) mass is 225 g/mol. The van der Waals surface area contributed by atoms with Crippen LogP contribution in [0, 0.1) is 0 Å². The van der Waals surface area contributed by atoms with Crippen molar-refractivity contribution in [1.29, 1.82) is 0 Å². The summed E-state index contributed by atoms with van der Waals surface area (Å²) >= 11 is 5.78. The first-order valence-corrected chi connectivity index (χ1v) is 5.27. The minimum absolute atomic E-state index is 0.103. The maximum atomic E-state index is 11.7. The number of carbonyl (C=O) groups excluding carboxylic acids is 1. The molecular formula is C11H12ClNO2. The average molecular weight is 226 g/mol. The first-order valence-electron chi connectivity index (χ1n) is 4.89. The largest absolute Gasteiger partial charge is 0.393 e. The van der Waals surface area contributed by atoms with Crippen LogP contribution in [0.25, 0.3) is 0 Å². The molecule has 0 atom stereocenters. The lowest BCUT2D eigenvalue weighted by molar-refractivity contribution is 0.0562. The number of carbonyl (C=O) groups is 1. The van der Waals surface area contributed by atoms with Crippen molar-refractivity contribution >= 4 is 17.5 Å². The van der Waals surface area contributed by atoms with Gasteiger partial charge >= 0.3 is 0 Å². The lowest BCUT2D eigenvalue weighted by Gasteiger charge is -2.31. The Kier molecular flexibility index (Phi) is 2.93. The second-order valence-corrected chi connectivity index (χ2v) is 4.24. The molecule has 1 fully saturated rings. The Morgan fingerprint density at radius 3 is 2.80 bits per heavy atom. The summed E-state index contributed by atoms with van der Waals surface area (Å²) in [4.78, 5) is 11.7. The van der Waals surface area contributed by atoms with Crippen LogP contribution in [0.1, 0.15) is 23.2 Å². The van der Waals surface area contributed by atoms with Crippen molar-refractivity contribution in [3.63, 3.8) is 0 Å². The minimum atomic E-state index is -0.255. The minimum Gasteiger partial charge on any atom is -0.393 e. The molecule has 0 saturated heterocycles. The number of hydrogen-bond acceptors (Lipinski definition) is 2. The molecule has 80 valence electrons. The Hall–Kier alpha value is -1.06. The van der Waals surface area contributed by atoms with Gasteiger partial charge in [-0.2, -0.15) is 0 Å². The highest BCUT2D eigenvalue weighted by Crippen LogP contribution is 2.20. The molecule has 1 aromatic carbocycles. The van der Waals surface area contributed by atoms with Gasteiger partial charge in [-0.3, -0.25) is 4.79 Å². The van der Waals surface area contributed by atoms with Crippen LogP contribution in [0.5, 0.6) is 0 Å². The van der Waals surface area contributed by atoms with E-state index in [2.05, 4.69) is 5.32 Å². The van der Waals surface area contributed by atoms with Crippen LogP contribution in [-0.2, 0) is 0 Å². The molecule has 0 heterocycles. The molecule has 0 aliphatic heterocycles. The number of aliphatic hydroxyl groups excluding tert-OH is 1. The molecule has 0 aromatic heterocycles. The summed E-state index contributed by atoms with van der Waals surface area (Å²) in [5.74, 6) is -0.130. The summed E-state index contributed by atoms with van der Waals surface area (Å²) < 4.78 is 0. The van der Waals surface area contributed by atoms with Crippen molar-refractivity contribution in [1.82, 2.24) is 5.32 Å². The number of halogens is 1. The summed E-state index contributed by atoms with van der Waals surface area (Å²) in [6.07, 6.45) is 1.04. The van der Waals surface area contributed by atoms with E-state index in [9.17, 15) is 4.79 Å². The van der Waals surface area contributed by atoms with Crippen LogP contribution in [0.15, 0.2) is 24.3 Å². The number of rotatable bonds is 2. The second kappa shape index (κ2) is 4.21. The molecule has 2 rings (SSSR count). The van der Waals surface area contributed by atoms with Gasteiger partial charge in [-0.25, -0.2) is 0 Å². The van der Waals surface area contributed by atoms with Gasteiger partial charge in [0, 0.05) is 16.6 Å². The van der Waals surface area contributed by atoms with E-state index in [1.54, 1.807) is 24.3 Å². The summed E-state index contributed by atoms with van der Waals surface area (Å²) in [6, 6.07) is 6.92. The summed E-state index contributed by atoms with van der Waals surface area (Å²) in [5.41, 5.74) is 0.559. The quantitative estimate of drug-likeness (QED) is 0.803. The molecule has 15 heavy (non-hydrogen) atoms. The fraction of sp³-hybridized carbons (Fsp3) is 0.364. The molecule has 1 aromatic rings. The van der Waals surface area contributed by atoms with Crippen molar-refractivity contribution in [2.45, 2.75) is 25.0 Å². The molecule has 0 unspecified atom stereocenters. The Balaban J connectivity index is 1.96. The summed E-state index contributed by atoms with van der Waals surface area (Å²) in [7, 11) is 0. The molecule has 0 spiro atoms. The fourth-order valence-electron chi connectivity index (χ4n) is 1.60. The predicted octanol–water partition coefficient (Wildman–Crippen LogP) is 1.59. The van der Waals surface area contributed by atoms with Gasteiger partial charge in [0.05, 0.1) is 6.10 Å². The number of nitrogens with one attached hydrogen (secondary N) is 1. The first-order chi connectivity index (χ1) is 7.15. The maximum Gasteiger partial charge on any atom is 0.251 e. The number of benzene rings is 1. The van der Waals surface area contributed by atoms with E-state index in [1.807, 2.05) is 0 Å². The van der Waals surface area contributed by atoms with Crippen molar-refractivity contribution in [3.05, 3.63) is 34.9 Å². The zero-order valence-corrected chi connectivity index (χ0v) is 8.87. The number of aliphatic hydroxyl groups is 1. The molecule has 0 radical (unpaired) electrons. The van der Waals surface area contributed by atoms with Gasteiger partial charge in [-0.1, -0.05) is 17.7 Å². The predicted molar refractivity (Wildman–Crippen MR) is 57.9 cm³/mol. The molecule has 2 N–H and O–H groups in total. The van der Waals surface area contributed by atoms with Crippen LogP contribution in [0.2, 0.25) is 5.02 Å². The van der Waals surface area contributed by atoms with E-state index in [1.165, 1.54) is 0 Å². The van der Waals surface area contributed by atoms with Crippen LogP contribution in [0.3, 0.4) is 0 Å². The molecule has 1 saturated carbocycles. The molecule has 3 nitrogen and oxygen atoms in total. The molecular weight excluding hydrogens is 214 g/mol. The lowest BCUT2D eigenvalue weighted by Crippen LogP contribution is -2.46. The SMILES string of the molecule is O=C(NC1CC(O)C1)c1cccc(Cl)c1. The highest BCUT2D eigenvalue weighted by atomic mass is 35.5. The zero-order chi connectivity index (χ0) is 10.8. The van der Waals surface area contributed by atoms with Crippen LogP contribution < -0.4 is 5.32 Å². The standard InChI is InChI=1S/C11H12ClNO2/c12-8-3-1-2-7(4-8)11(15)13-9-5-10(14)6-9/h1-4,9-10,14H,5-6H2,(H,13,15). The van der Waals surface area contributed by atoms with Gasteiger partial charge in [0.15, 0.2) is 0 Å². The fourth-order valence-corrected chi connectivity index (χ4v) is 1.79. The Morgan fingerprint density at radius 2 is 2.20 bits per heavy atom. The average Bonchev–Trinajstić information content (AvgIpc) is 2.15. The third kappa shape index (κ3) is 2.49. The topological polar surface area (TPSA) is 49.3 Å². The molecule has 1 aliphatic carbocycles. The van der Waals surface area contributed by atoms with Gasteiger partial charge in [0.2, 0.25) is 0 Å². The third-order valence-electron chi connectivity index (χ3n) is 2.54. The van der Waals surface area contributed by atoms with Crippen LogP contribution in [-0.4, -0.2) is 23.2 Å². The lowest BCUT2D eigenvalue weighted by atomic mass is 9.89. The third-order valence-corrected chi connectivity index (χ3v) is 2.77. The Morgan fingerprint density at radius 1 is 1.47 bits per heavy atom. The van der Waals surface area contributed by atoms with Crippen molar-refractivity contribution in [3.8, 4) is 0 Å². The van der Waals surface area contributed by atoms with E-state index in [4.69, 9.17) is 16.7 Å². The molecule has 1 aliphatic rings.